The van der Waals surface area contributed by atoms with Crippen molar-refractivity contribution in [1.29, 1.82) is 0 Å². The number of benzene rings is 1. The molecule has 0 bridgehead atoms. The Kier molecular flexibility index (Phi) is 4.97. The fourth-order valence-corrected chi connectivity index (χ4v) is 2.73. The minimum atomic E-state index is -0.532. The number of amides is 1. The number of hydrogen-bond acceptors (Lipinski definition) is 5. The van der Waals surface area contributed by atoms with Crippen molar-refractivity contribution in [1.82, 2.24) is 10.2 Å². The molecule has 1 aromatic rings. The summed E-state index contributed by atoms with van der Waals surface area (Å²) >= 11 is 0. The summed E-state index contributed by atoms with van der Waals surface area (Å²) in [5, 5.41) is 13.7. The monoisotopic (exact) mass is 307 g/mol. The maximum Gasteiger partial charge on any atom is 0.310 e. The first-order chi connectivity index (χ1) is 10.4. The van der Waals surface area contributed by atoms with Crippen LogP contribution < -0.4 is 10.1 Å². The molecule has 7 nitrogen and oxygen atoms in total. The zero-order chi connectivity index (χ0) is 16.3. The largest absolute Gasteiger partial charge is 0.490 e. The molecule has 1 fully saturated rings. The van der Waals surface area contributed by atoms with Gasteiger partial charge in [-0.25, -0.2) is 0 Å². The summed E-state index contributed by atoms with van der Waals surface area (Å²) in [4.78, 5) is 24.8. The highest BCUT2D eigenvalue weighted by atomic mass is 16.6. The van der Waals surface area contributed by atoms with Crippen LogP contribution in [0.15, 0.2) is 18.2 Å². The zero-order valence-corrected chi connectivity index (χ0v) is 13.0. The molecule has 22 heavy (non-hydrogen) atoms. The molecular formula is C15H21N3O4. The maximum absolute atomic E-state index is 12.2. The molecule has 0 unspecified atom stereocenters. The molecule has 0 aliphatic carbocycles. The van der Waals surface area contributed by atoms with Gasteiger partial charge in [0.1, 0.15) is 0 Å². The fraction of sp³-hybridized carbons (Fsp3) is 0.533. The fourth-order valence-electron chi connectivity index (χ4n) is 2.73. The van der Waals surface area contributed by atoms with Crippen molar-refractivity contribution in [3.05, 3.63) is 33.9 Å². The van der Waals surface area contributed by atoms with Crippen molar-refractivity contribution in [2.45, 2.75) is 31.8 Å². The van der Waals surface area contributed by atoms with Crippen LogP contribution in [0.2, 0.25) is 0 Å². The average molecular weight is 307 g/mol. The summed E-state index contributed by atoms with van der Waals surface area (Å²) in [7, 11) is 3.41. The smallest absolute Gasteiger partial charge is 0.310 e. The van der Waals surface area contributed by atoms with Crippen molar-refractivity contribution in [2.24, 2.45) is 0 Å². The number of likely N-dealkylation sites (N-methyl/N-ethyl adjacent to an activating group) is 1. The van der Waals surface area contributed by atoms with E-state index in [-0.39, 0.29) is 17.3 Å². The number of methoxy groups -OCH3 is 1. The minimum Gasteiger partial charge on any atom is -0.490 e. The van der Waals surface area contributed by atoms with Crippen LogP contribution in [0.4, 0.5) is 5.69 Å². The van der Waals surface area contributed by atoms with Crippen molar-refractivity contribution < 1.29 is 14.5 Å². The van der Waals surface area contributed by atoms with Gasteiger partial charge in [-0.1, -0.05) is 0 Å². The van der Waals surface area contributed by atoms with Gasteiger partial charge in [-0.05, 0) is 32.9 Å². The Morgan fingerprint density at radius 2 is 2.23 bits per heavy atom. The molecule has 7 heteroatoms. The number of hydrogen-bond donors (Lipinski definition) is 1. The molecule has 1 aromatic carbocycles. The Morgan fingerprint density at radius 3 is 2.77 bits per heavy atom. The number of nitrogens with one attached hydrogen (secondary N) is 1. The topological polar surface area (TPSA) is 84.7 Å². The number of nitro groups is 1. The third-order valence-electron chi connectivity index (χ3n) is 4.33. The van der Waals surface area contributed by atoms with Crippen LogP contribution in [-0.4, -0.2) is 48.5 Å². The molecule has 0 aromatic heterocycles. The Labute approximate surface area is 129 Å². The molecule has 1 aliphatic heterocycles. The molecule has 2 rings (SSSR count). The van der Waals surface area contributed by atoms with E-state index in [0.717, 1.165) is 12.8 Å². The van der Waals surface area contributed by atoms with E-state index in [2.05, 4.69) is 24.2 Å². The zero-order valence-electron chi connectivity index (χ0n) is 13.0. The van der Waals surface area contributed by atoms with Gasteiger partial charge in [0, 0.05) is 36.3 Å². The quantitative estimate of drug-likeness (QED) is 0.662. The Hall–Kier alpha value is -2.15. The molecule has 1 N–H and O–H groups in total. The number of carbonyl (C=O) groups excluding carboxylic acids is 1. The Balaban J connectivity index is 2.02. The van der Waals surface area contributed by atoms with Crippen molar-refractivity contribution in [3.63, 3.8) is 0 Å². The summed E-state index contributed by atoms with van der Waals surface area (Å²) in [5.41, 5.74) is 0.208. The van der Waals surface area contributed by atoms with Crippen molar-refractivity contribution in [2.75, 3.05) is 20.7 Å². The van der Waals surface area contributed by atoms with Crippen LogP contribution in [0, 0.1) is 10.1 Å². The van der Waals surface area contributed by atoms with E-state index >= 15 is 0 Å². The highest BCUT2D eigenvalue weighted by molar-refractivity contribution is 5.95. The molecule has 1 aliphatic rings. The number of nitrogens with zero attached hydrogens (tertiary/aromatic N) is 2. The molecule has 0 spiro atoms. The van der Waals surface area contributed by atoms with Gasteiger partial charge in [0.2, 0.25) is 0 Å². The van der Waals surface area contributed by atoms with E-state index in [1.54, 1.807) is 0 Å². The number of carbonyl (C=O) groups is 1. The van der Waals surface area contributed by atoms with E-state index < -0.39 is 4.92 Å². The SMILES string of the molecule is COc1cc(C(=O)NC[C@@H]2CC[C@H](C)N2C)ccc1[N+](=O)[O-]. The molecular weight excluding hydrogens is 286 g/mol. The van der Waals surface area contributed by atoms with E-state index in [1.807, 2.05) is 0 Å². The molecule has 1 amide bonds. The number of nitro benzene ring substituents is 1. The molecule has 0 radical (unpaired) electrons. The number of ether oxygens (including phenoxy) is 1. The molecule has 0 saturated carbocycles. The van der Waals surface area contributed by atoms with Crippen molar-refractivity contribution in [3.8, 4) is 5.75 Å². The third kappa shape index (κ3) is 3.36. The van der Waals surface area contributed by atoms with Gasteiger partial charge in [0.15, 0.2) is 5.75 Å². The number of likely N-dealkylation sites (tertiary alicyclic amines) is 1. The maximum atomic E-state index is 12.2. The Bertz CT molecular complexity index is 576. The summed E-state index contributed by atoms with van der Waals surface area (Å²) in [6, 6.07) is 4.99. The lowest BCUT2D eigenvalue weighted by Gasteiger charge is -2.23. The first-order valence-corrected chi connectivity index (χ1v) is 7.26. The highest BCUT2D eigenvalue weighted by Gasteiger charge is 2.27. The first kappa shape index (κ1) is 16.2. The summed E-state index contributed by atoms with van der Waals surface area (Å²) in [6.07, 6.45) is 2.18. The molecule has 2 atom stereocenters. The first-order valence-electron chi connectivity index (χ1n) is 7.26. The van der Waals surface area contributed by atoms with Crippen LogP contribution in [-0.2, 0) is 0 Å². The molecule has 1 saturated heterocycles. The normalized spacial score (nSPS) is 21.6. The summed E-state index contributed by atoms with van der Waals surface area (Å²) < 4.78 is 4.98. The van der Waals surface area contributed by atoms with E-state index in [4.69, 9.17) is 4.74 Å². The van der Waals surface area contributed by atoms with Crippen LogP contribution >= 0.6 is 0 Å². The van der Waals surface area contributed by atoms with Crippen molar-refractivity contribution >= 4 is 11.6 Å². The van der Waals surface area contributed by atoms with E-state index in [1.165, 1.54) is 25.3 Å². The van der Waals surface area contributed by atoms with Gasteiger partial charge in [-0.15, -0.1) is 0 Å². The summed E-state index contributed by atoms with van der Waals surface area (Å²) in [6.45, 7) is 2.74. The van der Waals surface area contributed by atoms with Gasteiger partial charge in [-0.3, -0.25) is 19.8 Å². The van der Waals surface area contributed by atoms with Crippen LogP contribution in [0.1, 0.15) is 30.1 Å². The lowest BCUT2D eigenvalue weighted by atomic mass is 10.1. The third-order valence-corrected chi connectivity index (χ3v) is 4.33. The predicted octanol–water partition coefficient (Wildman–Crippen LogP) is 1.82. The molecule has 1 heterocycles. The van der Waals surface area contributed by atoms with Gasteiger partial charge >= 0.3 is 5.69 Å². The lowest BCUT2D eigenvalue weighted by molar-refractivity contribution is -0.385. The van der Waals surface area contributed by atoms with Gasteiger partial charge in [0.05, 0.1) is 12.0 Å². The van der Waals surface area contributed by atoms with Gasteiger partial charge in [0.25, 0.3) is 5.91 Å². The minimum absolute atomic E-state index is 0.0873. The number of rotatable bonds is 5. The summed E-state index contributed by atoms with van der Waals surface area (Å²) in [5.74, 6) is -0.162. The second kappa shape index (κ2) is 6.74. The lowest BCUT2D eigenvalue weighted by Crippen LogP contribution is -2.40. The van der Waals surface area contributed by atoms with Crippen LogP contribution in [0.25, 0.3) is 0 Å². The highest BCUT2D eigenvalue weighted by Crippen LogP contribution is 2.27. The van der Waals surface area contributed by atoms with E-state index in [0.29, 0.717) is 24.2 Å². The second-order valence-electron chi connectivity index (χ2n) is 5.60. The second-order valence-corrected chi connectivity index (χ2v) is 5.60. The van der Waals surface area contributed by atoms with Crippen LogP contribution in [0.3, 0.4) is 0 Å². The van der Waals surface area contributed by atoms with Gasteiger partial charge in [-0.2, -0.15) is 0 Å². The molecule has 120 valence electrons. The van der Waals surface area contributed by atoms with Gasteiger partial charge < -0.3 is 10.1 Å². The van der Waals surface area contributed by atoms with Crippen LogP contribution in [0.5, 0.6) is 5.75 Å². The standard InChI is InChI=1S/C15H21N3O4/c1-10-4-6-12(17(10)2)9-16-15(19)11-5-7-13(18(20)21)14(8-11)22-3/h5,7-8,10,12H,4,6,9H2,1-3H3,(H,16,19)/t10-,12-/m0/s1. The van der Waals surface area contributed by atoms with E-state index in [9.17, 15) is 14.9 Å². The average Bonchev–Trinajstić information content (AvgIpc) is 2.83. The predicted molar refractivity (Wildman–Crippen MR) is 82.2 cm³/mol. The Morgan fingerprint density at radius 1 is 1.50 bits per heavy atom.